The van der Waals surface area contributed by atoms with Gasteiger partial charge in [0.15, 0.2) is 0 Å². The topological polar surface area (TPSA) is 28.4 Å². The number of benzene rings is 1. The number of aryl methyl sites for hydroxylation is 1. The molecule has 3 nitrogen and oxygen atoms in total. The molecule has 1 aromatic carbocycles. The molecule has 1 N–H and O–H groups in total. The number of rotatable bonds is 5. The summed E-state index contributed by atoms with van der Waals surface area (Å²) >= 11 is 0. The number of furan rings is 1. The third-order valence-corrected chi connectivity index (χ3v) is 5.16. The van der Waals surface area contributed by atoms with E-state index in [0.717, 1.165) is 29.7 Å². The standard InChI is InChI=1S/C20H26N2O/c1-15-2-4-16(5-3-15)20-9-8-19(23-20)14-21-17-10-12-22(13-11-17)18-6-7-18/h2-5,8-9,17-18,21H,6-7,10-14H2,1H3. The molecule has 23 heavy (non-hydrogen) atoms. The van der Waals surface area contributed by atoms with Crippen LogP contribution < -0.4 is 5.32 Å². The molecule has 1 saturated heterocycles. The normalized spacial score (nSPS) is 20.0. The average Bonchev–Trinajstić information content (AvgIpc) is 3.33. The van der Waals surface area contributed by atoms with Crippen LogP contribution in [0.2, 0.25) is 0 Å². The van der Waals surface area contributed by atoms with Crippen LogP contribution in [0.4, 0.5) is 0 Å². The first-order valence-electron chi connectivity index (χ1n) is 8.91. The highest BCUT2D eigenvalue weighted by Crippen LogP contribution is 2.29. The van der Waals surface area contributed by atoms with Gasteiger partial charge < -0.3 is 14.6 Å². The quantitative estimate of drug-likeness (QED) is 0.906. The van der Waals surface area contributed by atoms with E-state index in [-0.39, 0.29) is 0 Å². The predicted molar refractivity (Wildman–Crippen MR) is 93.3 cm³/mol. The van der Waals surface area contributed by atoms with Crippen LogP contribution in [0.5, 0.6) is 0 Å². The van der Waals surface area contributed by atoms with Gasteiger partial charge in [0.1, 0.15) is 11.5 Å². The zero-order chi connectivity index (χ0) is 15.6. The first-order valence-corrected chi connectivity index (χ1v) is 8.91. The van der Waals surface area contributed by atoms with Crippen molar-refractivity contribution in [3.63, 3.8) is 0 Å². The average molecular weight is 310 g/mol. The van der Waals surface area contributed by atoms with E-state index >= 15 is 0 Å². The summed E-state index contributed by atoms with van der Waals surface area (Å²) in [4.78, 5) is 2.67. The molecule has 1 aliphatic heterocycles. The SMILES string of the molecule is Cc1ccc(-c2ccc(CNC3CCN(C4CC4)CC3)o2)cc1. The lowest BCUT2D eigenvalue weighted by atomic mass is 10.0. The zero-order valence-corrected chi connectivity index (χ0v) is 13.9. The molecule has 1 aliphatic carbocycles. The lowest BCUT2D eigenvalue weighted by molar-refractivity contribution is 0.187. The van der Waals surface area contributed by atoms with Crippen LogP contribution >= 0.6 is 0 Å². The van der Waals surface area contributed by atoms with Crippen molar-refractivity contribution in [2.45, 2.75) is 51.2 Å². The Morgan fingerprint density at radius 2 is 1.74 bits per heavy atom. The van der Waals surface area contributed by atoms with Crippen molar-refractivity contribution in [1.82, 2.24) is 10.2 Å². The lowest BCUT2D eigenvalue weighted by Crippen LogP contribution is -2.43. The summed E-state index contributed by atoms with van der Waals surface area (Å²) in [5.41, 5.74) is 2.43. The molecular weight excluding hydrogens is 284 g/mol. The van der Waals surface area contributed by atoms with Crippen molar-refractivity contribution in [2.24, 2.45) is 0 Å². The summed E-state index contributed by atoms with van der Waals surface area (Å²) in [6, 6.07) is 14.2. The van der Waals surface area contributed by atoms with Gasteiger partial charge in [-0.3, -0.25) is 0 Å². The fourth-order valence-electron chi connectivity index (χ4n) is 3.50. The molecule has 122 valence electrons. The van der Waals surface area contributed by atoms with Gasteiger partial charge in [-0.15, -0.1) is 0 Å². The van der Waals surface area contributed by atoms with Crippen LogP contribution in [-0.4, -0.2) is 30.1 Å². The maximum absolute atomic E-state index is 6.00. The van der Waals surface area contributed by atoms with E-state index in [1.807, 2.05) is 0 Å². The monoisotopic (exact) mass is 310 g/mol. The van der Waals surface area contributed by atoms with Crippen LogP contribution in [0.25, 0.3) is 11.3 Å². The Morgan fingerprint density at radius 3 is 2.43 bits per heavy atom. The van der Waals surface area contributed by atoms with Gasteiger partial charge in [-0.2, -0.15) is 0 Å². The van der Waals surface area contributed by atoms with Gasteiger partial charge in [0, 0.05) is 17.6 Å². The number of nitrogens with zero attached hydrogens (tertiary/aromatic N) is 1. The molecule has 0 atom stereocenters. The Hall–Kier alpha value is -1.58. The molecule has 2 heterocycles. The van der Waals surface area contributed by atoms with Gasteiger partial charge in [0.2, 0.25) is 0 Å². The van der Waals surface area contributed by atoms with Crippen LogP contribution in [0, 0.1) is 6.92 Å². The van der Waals surface area contributed by atoms with E-state index in [1.165, 1.54) is 44.3 Å². The second kappa shape index (κ2) is 6.50. The Balaban J connectivity index is 1.29. The number of hydrogen-bond acceptors (Lipinski definition) is 3. The Labute approximate surface area is 138 Å². The molecule has 0 bridgehead atoms. The molecule has 4 rings (SSSR count). The van der Waals surface area contributed by atoms with Crippen molar-refractivity contribution in [3.05, 3.63) is 47.7 Å². The van der Waals surface area contributed by atoms with Crippen LogP contribution in [0.3, 0.4) is 0 Å². The summed E-state index contributed by atoms with van der Waals surface area (Å²) < 4.78 is 6.00. The molecule has 0 radical (unpaired) electrons. The highest BCUT2D eigenvalue weighted by molar-refractivity contribution is 5.57. The minimum Gasteiger partial charge on any atom is -0.460 e. The van der Waals surface area contributed by atoms with Gasteiger partial charge in [0.05, 0.1) is 6.54 Å². The molecule has 1 saturated carbocycles. The summed E-state index contributed by atoms with van der Waals surface area (Å²) in [6.07, 6.45) is 5.38. The summed E-state index contributed by atoms with van der Waals surface area (Å²) in [5.74, 6) is 2.00. The molecule has 0 spiro atoms. The maximum Gasteiger partial charge on any atom is 0.134 e. The van der Waals surface area contributed by atoms with Crippen LogP contribution in [0.15, 0.2) is 40.8 Å². The largest absolute Gasteiger partial charge is 0.460 e. The summed E-state index contributed by atoms with van der Waals surface area (Å²) in [7, 11) is 0. The summed E-state index contributed by atoms with van der Waals surface area (Å²) in [6.45, 7) is 5.46. The molecule has 2 aromatic rings. The van der Waals surface area contributed by atoms with Crippen molar-refractivity contribution >= 4 is 0 Å². The molecule has 1 aromatic heterocycles. The zero-order valence-electron chi connectivity index (χ0n) is 13.9. The van der Waals surface area contributed by atoms with E-state index in [1.54, 1.807) is 0 Å². The van der Waals surface area contributed by atoms with Crippen LogP contribution in [0.1, 0.15) is 37.0 Å². The third kappa shape index (κ3) is 3.67. The predicted octanol–water partition coefficient (Wildman–Crippen LogP) is 3.97. The van der Waals surface area contributed by atoms with Gasteiger partial charge in [-0.05, 0) is 57.8 Å². The molecule has 0 unspecified atom stereocenters. The molecule has 0 amide bonds. The third-order valence-electron chi connectivity index (χ3n) is 5.16. The van der Waals surface area contributed by atoms with E-state index in [9.17, 15) is 0 Å². The Morgan fingerprint density at radius 1 is 1.00 bits per heavy atom. The summed E-state index contributed by atoms with van der Waals surface area (Å²) in [5, 5.41) is 3.67. The lowest BCUT2D eigenvalue weighted by Gasteiger charge is -2.32. The highest BCUT2D eigenvalue weighted by atomic mass is 16.3. The molecule has 2 fully saturated rings. The van der Waals surface area contributed by atoms with Gasteiger partial charge >= 0.3 is 0 Å². The van der Waals surface area contributed by atoms with E-state index in [0.29, 0.717) is 6.04 Å². The second-order valence-corrected chi connectivity index (χ2v) is 7.05. The Kier molecular flexibility index (Phi) is 4.23. The van der Waals surface area contributed by atoms with Crippen molar-refractivity contribution in [3.8, 4) is 11.3 Å². The molecular formula is C20H26N2O. The fraction of sp³-hybridized carbons (Fsp3) is 0.500. The second-order valence-electron chi connectivity index (χ2n) is 7.05. The number of piperidine rings is 1. The first-order chi connectivity index (χ1) is 11.3. The fourth-order valence-corrected chi connectivity index (χ4v) is 3.50. The van der Waals surface area contributed by atoms with Crippen LogP contribution in [-0.2, 0) is 6.54 Å². The Bertz CT molecular complexity index is 634. The van der Waals surface area contributed by atoms with E-state index in [2.05, 4.69) is 53.5 Å². The van der Waals surface area contributed by atoms with Crippen molar-refractivity contribution < 1.29 is 4.42 Å². The van der Waals surface area contributed by atoms with Crippen molar-refractivity contribution in [1.29, 1.82) is 0 Å². The minimum absolute atomic E-state index is 0.637. The number of hydrogen-bond donors (Lipinski definition) is 1. The smallest absolute Gasteiger partial charge is 0.134 e. The highest BCUT2D eigenvalue weighted by Gasteiger charge is 2.31. The van der Waals surface area contributed by atoms with E-state index in [4.69, 9.17) is 4.42 Å². The van der Waals surface area contributed by atoms with Gasteiger partial charge in [-0.25, -0.2) is 0 Å². The van der Waals surface area contributed by atoms with Crippen molar-refractivity contribution in [2.75, 3.05) is 13.1 Å². The number of likely N-dealkylation sites (tertiary alicyclic amines) is 1. The molecule has 3 heteroatoms. The maximum atomic E-state index is 6.00. The van der Waals surface area contributed by atoms with E-state index < -0.39 is 0 Å². The van der Waals surface area contributed by atoms with Gasteiger partial charge in [0.25, 0.3) is 0 Å². The van der Waals surface area contributed by atoms with Gasteiger partial charge in [-0.1, -0.05) is 29.8 Å². The first kappa shape index (κ1) is 15.0. The molecule has 2 aliphatic rings. The number of nitrogens with one attached hydrogen (secondary N) is 1. The minimum atomic E-state index is 0.637.